The van der Waals surface area contributed by atoms with Gasteiger partial charge in [-0.25, -0.2) is 4.79 Å². The lowest BCUT2D eigenvalue weighted by Crippen LogP contribution is -2.59. The predicted molar refractivity (Wildman–Crippen MR) is 127 cm³/mol. The molecule has 0 bridgehead atoms. The van der Waals surface area contributed by atoms with Crippen LogP contribution in [-0.2, 0) is 16.1 Å². The van der Waals surface area contributed by atoms with Crippen LogP contribution in [0.5, 0.6) is 0 Å². The number of rotatable bonds is 5. The van der Waals surface area contributed by atoms with Gasteiger partial charge in [-0.3, -0.25) is 19.7 Å². The molecule has 1 atom stereocenters. The second-order valence-corrected chi connectivity index (χ2v) is 10.0. The van der Waals surface area contributed by atoms with E-state index in [-0.39, 0.29) is 5.91 Å². The highest BCUT2D eigenvalue weighted by molar-refractivity contribution is 5.99. The topological polar surface area (TPSA) is 75.6 Å². The van der Waals surface area contributed by atoms with Gasteiger partial charge in [-0.1, -0.05) is 37.5 Å². The Morgan fingerprint density at radius 2 is 1.76 bits per heavy atom. The minimum atomic E-state index is -0.602. The lowest BCUT2D eigenvalue weighted by Gasteiger charge is -2.42. The summed E-state index contributed by atoms with van der Waals surface area (Å²) in [5, 5.41) is 0. The van der Waals surface area contributed by atoms with Crippen LogP contribution in [0.3, 0.4) is 0 Å². The van der Waals surface area contributed by atoms with Crippen LogP contribution in [0.4, 0.5) is 10.5 Å². The highest BCUT2D eigenvalue weighted by atomic mass is 16.6. The van der Waals surface area contributed by atoms with Gasteiger partial charge in [0.25, 0.3) is 0 Å². The number of para-hydroxylation sites is 1. The van der Waals surface area contributed by atoms with Gasteiger partial charge in [0.2, 0.25) is 5.91 Å². The molecule has 0 radical (unpaired) electrons. The molecule has 2 heterocycles. The lowest BCUT2D eigenvalue weighted by atomic mass is 9.87. The average Bonchev–Trinajstić information content (AvgIpc) is 2.77. The van der Waals surface area contributed by atoms with Gasteiger partial charge in [-0.15, -0.1) is 0 Å². The van der Waals surface area contributed by atoms with Gasteiger partial charge in [0.1, 0.15) is 11.6 Å². The van der Waals surface area contributed by atoms with Gasteiger partial charge in [-0.05, 0) is 52.2 Å². The molecule has 2 aromatic rings. The van der Waals surface area contributed by atoms with Crippen LogP contribution in [0.15, 0.2) is 42.7 Å². The summed E-state index contributed by atoms with van der Waals surface area (Å²) in [6.07, 6.45) is 9.98. The first-order valence-corrected chi connectivity index (χ1v) is 12.0. The van der Waals surface area contributed by atoms with Gasteiger partial charge >= 0.3 is 6.09 Å². The molecule has 0 unspecified atom stereocenters. The summed E-state index contributed by atoms with van der Waals surface area (Å²) in [5.41, 5.74) is 1.95. The number of carbonyl (C=O) groups is 2. The van der Waals surface area contributed by atoms with E-state index in [1.54, 1.807) is 11.1 Å². The summed E-state index contributed by atoms with van der Waals surface area (Å²) < 4.78 is 5.49. The maximum absolute atomic E-state index is 13.6. The van der Waals surface area contributed by atoms with Gasteiger partial charge < -0.3 is 9.64 Å². The molecule has 2 fully saturated rings. The van der Waals surface area contributed by atoms with Crippen LogP contribution in [0.25, 0.3) is 0 Å². The van der Waals surface area contributed by atoms with Crippen molar-refractivity contribution >= 4 is 17.7 Å². The standard InChI is InChI=1S/C26H34N4O3/c1-26(2,3)33-25(32)29-15-14-23(29)24(31)30(21-12-8-5-9-13-21)18-20-16-28-22(17-27-20)19-10-6-4-7-11-19/h5,8-9,12-13,16-17,19,23H,4,6-7,10-11,14-15,18H2,1-3H3/t23-/m1/s1. The van der Waals surface area contributed by atoms with Gasteiger partial charge in [0.05, 0.1) is 24.1 Å². The summed E-state index contributed by atoms with van der Waals surface area (Å²) >= 11 is 0. The molecular weight excluding hydrogens is 416 g/mol. The zero-order valence-corrected chi connectivity index (χ0v) is 19.9. The lowest BCUT2D eigenvalue weighted by molar-refractivity contribution is -0.128. The number of anilines is 1. The number of aromatic nitrogens is 2. The number of amides is 2. The Hall–Kier alpha value is -2.96. The molecule has 176 valence electrons. The Morgan fingerprint density at radius 1 is 1.03 bits per heavy atom. The van der Waals surface area contributed by atoms with Gasteiger partial charge in [-0.2, -0.15) is 0 Å². The molecule has 33 heavy (non-hydrogen) atoms. The maximum atomic E-state index is 13.6. The Labute approximate surface area is 196 Å². The molecule has 2 amide bonds. The molecule has 7 nitrogen and oxygen atoms in total. The maximum Gasteiger partial charge on any atom is 0.410 e. The van der Waals surface area contributed by atoms with E-state index in [1.807, 2.05) is 57.3 Å². The molecule has 1 saturated carbocycles. The van der Waals surface area contributed by atoms with E-state index in [4.69, 9.17) is 4.74 Å². The number of benzene rings is 1. The van der Waals surface area contributed by atoms with Crippen LogP contribution in [0, 0.1) is 0 Å². The summed E-state index contributed by atoms with van der Waals surface area (Å²) in [5.74, 6) is 0.362. The van der Waals surface area contributed by atoms with Crippen LogP contribution in [0.1, 0.15) is 76.6 Å². The number of ether oxygens (including phenoxy) is 1. The molecule has 1 aliphatic heterocycles. The fourth-order valence-corrected chi connectivity index (χ4v) is 4.49. The Kier molecular flexibility index (Phi) is 6.96. The molecule has 7 heteroatoms. The largest absolute Gasteiger partial charge is 0.444 e. The zero-order chi connectivity index (χ0) is 23.4. The SMILES string of the molecule is CC(C)(C)OC(=O)N1CC[C@@H]1C(=O)N(Cc1cnc(C2CCCCC2)cn1)c1ccccc1. The van der Waals surface area contributed by atoms with Crippen molar-refractivity contribution in [1.29, 1.82) is 0 Å². The third-order valence-corrected chi connectivity index (χ3v) is 6.34. The van der Waals surface area contributed by atoms with Crippen LogP contribution in [0.2, 0.25) is 0 Å². The number of carbonyl (C=O) groups excluding carboxylic acids is 2. The Balaban J connectivity index is 1.50. The van der Waals surface area contributed by atoms with E-state index >= 15 is 0 Å². The quantitative estimate of drug-likeness (QED) is 0.636. The summed E-state index contributed by atoms with van der Waals surface area (Å²) in [6, 6.07) is 8.99. The van der Waals surface area contributed by atoms with Gasteiger partial charge in [0, 0.05) is 24.3 Å². The third-order valence-electron chi connectivity index (χ3n) is 6.34. The molecule has 1 aromatic heterocycles. The van der Waals surface area contributed by atoms with E-state index in [0.29, 0.717) is 25.4 Å². The fraction of sp³-hybridized carbons (Fsp3) is 0.538. The van der Waals surface area contributed by atoms with Crippen molar-refractivity contribution in [2.75, 3.05) is 11.4 Å². The van der Waals surface area contributed by atoms with Crippen molar-refractivity contribution < 1.29 is 14.3 Å². The number of hydrogen-bond acceptors (Lipinski definition) is 5. The minimum Gasteiger partial charge on any atom is -0.444 e. The van der Waals surface area contributed by atoms with Crippen molar-refractivity contribution in [1.82, 2.24) is 14.9 Å². The third kappa shape index (κ3) is 5.70. The van der Waals surface area contributed by atoms with Gasteiger partial charge in [0.15, 0.2) is 0 Å². The normalized spacial score (nSPS) is 19.0. The minimum absolute atomic E-state index is 0.128. The number of likely N-dealkylation sites (tertiary alicyclic amines) is 1. The summed E-state index contributed by atoms with van der Waals surface area (Å²) in [4.78, 5) is 38.7. The molecule has 1 aromatic carbocycles. The van der Waals surface area contributed by atoms with Crippen molar-refractivity contribution in [2.45, 2.75) is 83.4 Å². The summed E-state index contributed by atoms with van der Waals surface area (Å²) in [7, 11) is 0. The first-order valence-electron chi connectivity index (χ1n) is 12.0. The average molecular weight is 451 g/mol. The highest BCUT2D eigenvalue weighted by Gasteiger charge is 2.42. The zero-order valence-electron chi connectivity index (χ0n) is 19.9. The molecule has 2 aliphatic rings. The van der Waals surface area contributed by atoms with E-state index in [0.717, 1.165) is 17.1 Å². The molecular formula is C26H34N4O3. The predicted octanol–water partition coefficient (Wildman–Crippen LogP) is 5.07. The van der Waals surface area contributed by atoms with Crippen molar-refractivity contribution in [2.24, 2.45) is 0 Å². The molecule has 0 N–H and O–H groups in total. The molecule has 1 saturated heterocycles. The summed E-state index contributed by atoms with van der Waals surface area (Å²) in [6.45, 7) is 6.30. The first kappa shape index (κ1) is 23.2. The van der Waals surface area contributed by atoms with Crippen LogP contribution < -0.4 is 4.90 Å². The second kappa shape index (κ2) is 9.89. The smallest absolute Gasteiger partial charge is 0.410 e. The van der Waals surface area contributed by atoms with Crippen LogP contribution >= 0.6 is 0 Å². The van der Waals surface area contributed by atoms with Crippen molar-refractivity contribution in [3.63, 3.8) is 0 Å². The highest BCUT2D eigenvalue weighted by Crippen LogP contribution is 2.31. The van der Waals surface area contributed by atoms with Crippen LogP contribution in [-0.4, -0.2) is 45.1 Å². The van der Waals surface area contributed by atoms with E-state index in [1.165, 1.54) is 37.0 Å². The molecule has 1 aliphatic carbocycles. The fourth-order valence-electron chi connectivity index (χ4n) is 4.49. The Morgan fingerprint density at radius 3 is 2.33 bits per heavy atom. The number of nitrogens with zero attached hydrogens (tertiary/aromatic N) is 4. The monoisotopic (exact) mass is 450 g/mol. The number of hydrogen-bond donors (Lipinski definition) is 0. The first-order chi connectivity index (χ1) is 15.8. The van der Waals surface area contributed by atoms with E-state index < -0.39 is 17.7 Å². The molecule has 0 spiro atoms. The van der Waals surface area contributed by atoms with Crippen molar-refractivity contribution in [3.8, 4) is 0 Å². The second-order valence-electron chi connectivity index (χ2n) is 10.0. The van der Waals surface area contributed by atoms with E-state index in [2.05, 4.69) is 9.97 Å². The van der Waals surface area contributed by atoms with Crippen molar-refractivity contribution in [3.05, 3.63) is 54.1 Å². The molecule has 4 rings (SSSR count). The van der Waals surface area contributed by atoms with E-state index in [9.17, 15) is 9.59 Å². The Bertz CT molecular complexity index is 950.